The number of likely N-dealkylation sites (N-methyl/N-ethyl adjacent to an activating group) is 1. The maximum Gasteiger partial charge on any atom is 0.0644 e. The number of nitrogens with zero attached hydrogens (tertiary/aromatic N) is 1. The second-order valence-corrected chi connectivity index (χ2v) is 4.86. The van der Waals surface area contributed by atoms with Crippen LogP contribution in [0.4, 0.5) is 5.69 Å². The average molecular weight is 256 g/mol. The minimum Gasteiger partial charge on any atom is -0.377 e. The van der Waals surface area contributed by atoms with Gasteiger partial charge in [-0.05, 0) is 38.0 Å². The van der Waals surface area contributed by atoms with Crippen LogP contribution in [0.1, 0.15) is 25.0 Å². The zero-order valence-corrected chi connectivity index (χ0v) is 11.9. The summed E-state index contributed by atoms with van der Waals surface area (Å²) in [7, 11) is 2.09. The molecule has 0 radical (unpaired) electrons. The van der Waals surface area contributed by atoms with Gasteiger partial charge in [0.1, 0.15) is 0 Å². The van der Waals surface area contributed by atoms with E-state index in [-0.39, 0.29) is 0 Å². The van der Waals surface area contributed by atoms with Crippen LogP contribution in [0.25, 0.3) is 0 Å². The van der Waals surface area contributed by atoms with Gasteiger partial charge in [-0.3, -0.25) is 0 Å². The number of anilines is 1. The highest BCUT2D eigenvalue weighted by atomic mass is 35.5. The standard InChI is InChI=1S/C14H22ClNO/c1-11(2)17-8-7-16(4)14-6-5-13(10-15)9-12(14)3/h5-6,9,11H,7-8,10H2,1-4H3. The van der Waals surface area contributed by atoms with Crippen molar-refractivity contribution < 1.29 is 4.74 Å². The lowest BCUT2D eigenvalue weighted by atomic mass is 10.1. The summed E-state index contributed by atoms with van der Waals surface area (Å²) in [5.41, 5.74) is 3.67. The van der Waals surface area contributed by atoms with Crippen molar-refractivity contribution in [3.63, 3.8) is 0 Å². The Morgan fingerprint density at radius 3 is 2.59 bits per heavy atom. The smallest absolute Gasteiger partial charge is 0.0644 e. The molecule has 0 aliphatic heterocycles. The van der Waals surface area contributed by atoms with Gasteiger partial charge >= 0.3 is 0 Å². The van der Waals surface area contributed by atoms with Gasteiger partial charge < -0.3 is 9.64 Å². The predicted molar refractivity (Wildman–Crippen MR) is 75.1 cm³/mol. The van der Waals surface area contributed by atoms with Gasteiger partial charge in [0.15, 0.2) is 0 Å². The summed E-state index contributed by atoms with van der Waals surface area (Å²) in [6.07, 6.45) is 0.295. The molecule has 0 N–H and O–H groups in total. The van der Waals surface area contributed by atoms with Crippen LogP contribution in [-0.4, -0.2) is 26.3 Å². The normalized spacial score (nSPS) is 10.9. The first-order valence-electron chi connectivity index (χ1n) is 6.02. The zero-order valence-electron chi connectivity index (χ0n) is 11.2. The third kappa shape index (κ3) is 4.57. The number of ether oxygens (including phenoxy) is 1. The summed E-state index contributed by atoms with van der Waals surface area (Å²) in [6, 6.07) is 6.35. The van der Waals surface area contributed by atoms with Crippen molar-refractivity contribution >= 4 is 17.3 Å². The fraction of sp³-hybridized carbons (Fsp3) is 0.571. The molecular formula is C14H22ClNO. The molecule has 0 spiro atoms. The fourth-order valence-electron chi connectivity index (χ4n) is 1.77. The van der Waals surface area contributed by atoms with E-state index in [0.717, 1.165) is 13.2 Å². The molecule has 0 saturated carbocycles. The molecule has 17 heavy (non-hydrogen) atoms. The topological polar surface area (TPSA) is 12.5 Å². The lowest BCUT2D eigenvalue weighted by Crippen LogP contribution is -2.24. The van der Waals surface area contributed by atoms with Gasteiger partial charge in [0, 0.05) is 25.2 Å². The minimum atomic E-state index is 0.295. The number of hydrogen-bond acceptors (Lipinski definition) is 2. The van der Waals surface area contributed by atoms with Gasteiger partial charge in [0.25, 0.3) is 0 Å². The molecule has 96 valence electrons. The van der Waals surface area contributed by atoms with E-state index in [1.165, 1.54) is 16.8 Å². The summed E-state index contributed by atoms with van der Waals surface area (Å²) < 4.78 is 5.56. The van der Waals surface area contributed by atoms with Crippen molar-refractivity contribution in [2.45, 2.75) is 32.8 Å². The first-order valence-corrected chi connectivity index (χ1v) is 6.56. The molecule has 1 aromatic rings. The Hall–Kier alpha value is -0.730. The van der Waals surface area contributed by atoms with Crippen molar-refractivity contribution in [3.8, 4) is 0 Å². The highest BCUT2D eigenvalue weighted by Gasteiger charge is 2.05. The van der Waals surface area contributed by atoms with Crippen LogP contribution in [-0.2, 0) is 10.6 Å². The molecule has 0 unspecified atom stereocenters. The van der Waals surface area contributed by atoms with Crippen LogP contribution in [0.3, 0.4) is 0 Å². The first-order chi connectivity index (χ1) is 8.04. The third-order valence-corrected chi connectivity index (χ3v) is 3.01. The quantitative estimate of drug-likeness (QED) is 0.721. The van der Waals surface area contributed by atoms with Crippen LogP contribution >= 0.6 is 11.6 Å². The molecule has 0 amide bonds. The molecule has 0 saturated heterocycles. The largest absolute Gasteiger partial charge is 0.377 e. The van der Waals surface area contributed by atoms with Gasteiger partial charge in [0.2, 0.25) is 0 Å². The first kappa shape index (κ1) is 14.3. The van der Waals surface area contributed by atoms with E-state index in [1.54, 1.807) is 0 Å². The third-order valence-electron chi connectivity index (χ3n) is 2.70. The highest BCUT2D eigenvalue weighted by Crippen LogP contribution is 2.20. The average Bonchev–Trinajstić information content (AvgIpc) is 2.28. The molecule has 0 atom stereocenters. The van der Waals surface area contributed by atoms with E-state index in [4.69, 9.17) is 16.3 Å². The van der Waals surface area contributed by atoms with Crippen molar-refractivity contribution in [1.82, 2.24) is 0 Å². The van der Waals surface area contributed by atoms with Gasteiger partial charge in [-0.25, -0.2) is 0 Å². The molecule has 1 aromatic carbocycles. The molecule has 1 rings (SSSR count). The van der Waals surface area contributed by atoms with Gasteiger partial charge in [-0.1, -0.05) is 12.1 Å². The van der Waals surface area contributed by atoms with Crippen molar-refractivity contribution in [1.29, 1.82) is 0 Å². The number of halogens is 1. The van der Waals surface area contributed by atoms with E-state index in [9.17, 15) is 0 Å². The Morgan fingerprint density at radius 2 is 2.06 bits per heavy atom. The van der Waals surface area contributed by atoms with E-state index in [1.807, 2.05) is 0 Å². The van der Waals surface area contributed by atoms with E-state index < -0.39 is 0 Å². The molecule has 0 bridgehead atoms. The second-order valence-electron chi connectivity index (χ2n) is 4.60. The zero-order chi connectivity index (χ0) is 12.8. The number of aryl methyl sites for hydroxylation is 1. The fourth-order valence-corrected chi connectivity index (χ4v) is 1.94. The van der Waals surface area contributed by atoms with Gasteiger partial charge in [-0.2, -0.15) is 0 Å². The highest BCUT2D eigenvalue weighted by molar-refractivity contribution is 6.17. The van der Waals surface area contributed by atoms with Crippen LogP contribution in [0.5, 0.6) is 0 Å². The van der Waals surface area contributed by atoms with Gasteiger partial charge in [0.05, 0.1) is 12.7 Å². The molecule has 0 aliphatic carbocycles. The van der Waals surface area contributed by atoms with Crippen molar-refractivity contribution in [2.75, 3.05) is 25.1 Å². The lowest BCUT2D eigenvalue weighted by molar-refractivity contribution is 0.0846. The van der Waals surface area contributed by atoms with Crippen molar-refractivity contribution in [3.05, 3.63) is 29.3 Å². The molecule has 2 nitrogen and oxygen atoms in total. The van der Waals surface area contributed by atoms with E-state index >= 15 is 0 Å². The van der Waals surface area contributed by atoms with Gasteiger partial charge in [-0.15, -0.1) is 11.6 Å². The molecule has 0 aliphatic rings. The molecule has 0 heterocycles. The molecule has 3 heteroatoms. The Kier molecular flexibility index (Phi) is 5.79. The van der Waals surface area contributed by atoms with E-state index in [0.29, 0.717) is 12.0 Å². The maximum atomic E-state index is 5.82. The molecule has 0 aromatic heterocycles. The maximum absolute atomic E-state index is 5.82. The second kappa shape index (κ2) is 6.87. The Bertz CT molecular complexity index is 352. The Morgan fingerprint density at radius 1 is 1.35 bits per heavy atom. The SMILES string of the molecule is Cc1cc(CCl)ccc1N(C)CCOC(C)C. The Balaban J connectivity index is 2.59. The summed E-state index contributed by atoms with van der Waals surface area (Å²) in [6.45, 7) is 7.89. The predicted octanol–water partition coefficient (Wildman–Crippen LogP) is 3.60. The van der Waals surface area contributed by atoms with E-state index in [2.05, 4.69) is 50.9 Å². The Labute approximate surface area is 110 Å². The molecule has 0 fully saturated rings. The number of alkyl halides is 1. The monoisotopic (exact) mass is 255 g/mol. The lowest BCUT2D eigenvalue weighted by Gasteiger charge is -2.22. The van der Waals surface area contributed by atoms with Crippen LogP contribution in [0.2, 0.25) is 0 Å². The minimum absolute atomic E-state index is 0.295. The van der Waals surface area contributed by atoms with Crippen LogP contribution < -0.4 is 4.90 Å². The summed E-state index contributed by atoms with van der Waals surface area (Å²) in [5.74, 6) is 0.571. The van der Waals surface area contributed by atoms with Crippen molar-refractivity contribution in [2.24, 2.45) is 0 Å². The summed E-state index contributed by atoms with van der Waals surface area (Å²) in [5, 5.41) is 0. The molecular weight excluding hydrogens is 234 g/mol. The number of benzene rings is 1. The van der Waals surface area contributed by atoms with Crippen LogP contribution in [0, 0.1) is 6.92 Å². The number of hydrogen-bond donors (Lipinski definition) is 0. The summed E-state index contributed by atoms with van der Waals surface area (Å²) in [4.78, 5) is 2.22. The number of rotatable bonds is 6. The summed E-state index contributed by atoms with van der Waals surface area (Å²) >= 11 is 5.82. The van der Waals surface area contributed by atoms with Crippen LogP contribution in [0.15, 0.2) is 18.2 Å².